The summed E-state index contributed by atoms with van der Waals surface area (Å²) in [7, 11) is 1.88. The molecule has 0 spiro atoms. The molecule has 0 aliphatic carbocycles. The van der Waals surface area contributed by atoms with Gasteiger partial charge < -0.3 is 19.3 Å². The number of ether oxygens (including phenoxy) is 1. The molecule has 8 heteroatoms. The minimum absolute atomic E-state index is 0.193. The van der Waals surface area contributed by atoms with Gasteiger partial charge in [-0.2, -0.15) is 5.26 Å². The van der Waals surface area contributed by atoms with E-state index < -0.39 is 11.9 Å². The number of carbonyl (C=O) groups excluding carboxylic acids is 1. The van der Waals surface area contributed by atoms with Gasteiger partial charge in [-0.05, 0) is 37.3 Å². The van der Waals surface area contributed by atoms with E-state index in [-0.39, 0.29) is 12.5 Å². The monoisotopic (exact) mass is 460 g/mol. The number of aromatic nitrogens is 2. The summed E-state index contributed by atoms with van der Waals surface area (Å²) in [4.78, 5) is 31.0. The molecule has 1 aromatic carbocycles. The van der Waals surface area contributed by atoms with Crippen LogP contribution in [0.2, 0.25) is 0 Å². The predicted octanol–water partition coefficient (Wildman–Crippen LogP) is 3.53. The van der Waals surface area contributed by atoms with Gasteiger partial charge >= 0.3 is 5.97 Å². The van der Waals surface area contributed by atoms with Crippen LogP contribution in [0.15, 0.2) is 42.6 Å². The number of benzene rings is 1. The lowest BCUT2D eigenvalue weighted by Crippen LogP contribution is -2.30. The molecule has 1 atom stereocenters. The minimum atomic E-state index is -0.877. The molecule has 1 aliphatic heterocycles. The molecular formula is C26H28N4O4. The van der Waals surface area contributed by atoms with E-state index >= 15 is 0 Å². The van der Waals surface area contributed by atoms with E-state index in [1.165, 1.54) is 6.20 Å². The number of rotatable bonds is 9. The smallest absolute Gasteiger partial charge is 0.308 e. The first kappa shape index (κ1) is 23.5. The summed E-state index contributed by atoms with van der Waals surface area (Å²) in [6, 6.07) is 13.8. The molecule has 1 N–H and O–H groups in total. The Morgan fingerprint density at radius 3 is 2.76 bits per heavy atom. The average molecular weight is 461 g/mol. The van der Waals surface area contributed by atoms with Gasteiger partial charge in [0.2, 0.25) is 0 Å². The van der Waals surface area contributed by atoms with Crippen LogP contribution in [0.4, 0.5) is 0 Å². The fraction of sp³-hybridized carbons (Fsp3) is 0.385. The van der Waals surface area contributed by atoms with Crippen LogP contribution >= 0.6 is 0 Å². The third-order valence-electron chi connectivity index (χ3n) is 6.38. The second kappa shape index (κ2) is 10.5. The van der Waals surface area contributed by atoms with Crippen LogP contribution in [-0.4, -0.2) is 51.1 Å². The first-order valence-corrected chi connectivity index (χ1v) is 11.5. The zero-order valence-corrected chi connectivity index (χ0v) is 19.2. The molecule has 1 saturated heterocycles. The predicted molar refractivity (Wildman–Crippen MR) is 126 cm³/mol. The third kappa shape index (κ3) is 4.95. The van der Waals surface area contributed by atoms with Gasteiger partial charge in [0.25, 0.3) is 5.91 Å². The molecule has 1 amide bonds. The number of aliphatic carboxylic acids is 1. The minimum Gasteiger partial charge on any atom is -0.481 e. The van der Waals surface area contributed by atoms with E-state index in [4.69, 9.17) is 4.74 Å². The summed E-state index contributed by atoms with van der Waals surface area (Å²) in [5.74, 6) is -1.61. The van der Waals surface area contributed by atoms with E-state index in [9.17, 15) is 20.0 Å². The Morgan fingerprint density at radius 2 is 2.06 bits per heavy atom. The molecule has 1 fully saturated rings. The van der Waals surface area contributed by atoms with Crippen molar-refractivity contribution < 1.29 is 19.4 Å². The maximum Gasteiger partial charge on any atom is 0.308 e. The Hall–Kier alpha value is -3.70. The highest BCUT2D eigenvalue weighted by molar-refractivity contribution is 6.08. The standard InChI is InChI=1S/C26H28N4O4/c1-29-22(9-5-6-12-34-17-18-7-3-2-4-8-18)23(21-13-19(14-27)15-28-24(21)29)25(31)30-11-10-20(16-30)26(32)33/h2-4,7-8,13,15,20H,5-6,9-12,16-17H2,1H3,(H,32,33)/t20-/m0/s1. The number of likely N-dealkylation sites (tertiary alicyclic amines) is 1. The SMILES string of the molecule is Cn1c(CCCCOCc2ccccc2)c(C(=O)N2CC[C@H](C(=O)O)C2)c2cc(C#N)cnc21. The zero-order valence-electron chi connectivity index (χ0n) is 19.2. The van der Waals surface area contributed by atoms with Crippen molar-refractivity contribution in [3.05, 3.63) is 65.0 Å². The van der Waals surface area contributed by atoms with Crippen LogP contribution in [0, 0.1) is 17.2 Å². The number of amides is 1. The lowest BCUT2D eigenvalue weighted by Gasteiger charge is -2.17. The van der Waals surface area contributed by atoms with E-state index in [1.807, 2.05) is 41.9 Å². The summed E-state index contributed by atoms with van der Waals surface area (Å²) in [5, 5.41) is 19.3. The van der Waals surface area contributed by atoms with Gasteiger partial charge in [-0.3, -0.25) is 9.59 Å². The molecule has 176 valence electrons. The maximum absolute atomic E-state index is 13.5. The van der Waals surface area contributed by atoms with E-state index in [2.05, 4.69) is 11.1 Å². The lowest BCUT2D eigenvalue weighted by molar-refractivity contribution is -0.141. The van der Waals surface area contributed by atoms with Crippen molar-refractivity contribution in [3.63, 3.8) is 0 Å². The second-order valence-electron chi connectivity index (χ2n) is 8.66. The number of fused-ring (bicyclic) bond motifs is 1. The Kier molecular flexibility index (Phi) is 7.24. The van der Waals surface area contributed by atoms with Crippen LogP contribution in [-0.2, 0) is 29.6 Å². The van der Waals surface area contributed by atoms with E-state index in [1.54, 1.807) is 11.0 Å². The van der Waals surface area contributed by atoms with Gasteiger partial charge in [-0.1, -0.05) is 30.3 Å². The van der Waals surface area contributed by atoms with Crippen LogP contribution in [0.3, 0.4) is 0 Å². The first-order chi connectivity index (χ1) is 16.5. The largest absolute Gasteiger partial charge is 0.481 e. The third-order valence-corrected chi connectivity index (χ3v) is 6.38. The highest BCUT2D eigenvalue weighted by atomic mass is 16.5. The molecule has 0 saturated carbocycles. The topological polar surface area (TPSA) is 108 Å². The number of aryl methyl sites for hydroxylation is 1. The summed E-state index contributed by atoms with van der Waals surface area (Å²) < 4.78 is 7.70. The van der Waals surface area contributed by atoms with Gasteiger partial charge in [-0.25, -0.2) is 4.98 Å². The number of pyridine rings is 1. The lowest BCUT2D eigenvalue weighted by atomic mass is 10.1. The van der Waals surface area contributed by atoms with Crippen molar-refractivity contribution in [3.8, 4) is 6.07 Å². The molecule has 3 aromatic rings. The van der Waals surface area contributed by atoms with Crippen molar-refractivity contribution >= 4 is 22.9 Å². The number of hydrogen-bond donors (Lipinski definition) is 1. The van der Waals surface area contributed by atoms with Gasteiger partial charge in [0.1, 0.15) is 11.7 Å². The highest BCUT2D eigenvalue weighted by Gasteiger charge is 2.34. The van der Waals surface area contributed by atoms with Crippen LogP contribution in [0.25, 0.3) is 11.0 Å². The number of carboxylic acids is 1. The Balaban J connectivity index is 1.50. The molecule has 3 heterocycles. The molecule has 34 heavy (non-hydrogen) atoms. The normalized spacial score (nSPS) is 15.5. The van der Waals surface area contributed by atoms with Gasteiger partial charge in [0.15, 0.2) is 0 Å². The molecule has 0 unspecified atom stereocenters. The first-order valence-electron chi connectivity index (χ1n) is 11.5. The number of carboxylic acid groups (broad SMARTS) is 1. The quantitative estimate of drug-likeness (QED) is 0.490. The zero-order chi connectivity index (χ0) is 24.1. The molecule has 4 rings (SSSR count). The molecule has 1 aliphatic rings. The number of unbranched alkanes of at least 4 members (excludes halogenated alkanes) is 1. The van der Waals surface area contributed by atoms with Gasteiger partial charge in [0, 0.05) is 44.0 Å². The van der Waals surface area contributed by atoms with Gasteiger partial charge in [0.05, 0.1) is 23.7 Å². The van der Waals surface area contributed by atoms with Crippen molar-refractivity contribution in [2.45, 2.75) is 32.3 Å². The Bertz CT molecular complexity index is 1230. The van der Waals surface area contributed by atoms with Crippen molar-refractivity contribution in [1.29, 1.82) is 5.26 Å². The summed E-state index contributed by atoms with van der Waals surface area (Å²) in [6.45, 7) is 1.79. The summed E-state index contributed by atoms with van der Waals surface area (Å²) >= 11 is 0. The summed E-state index contributed by atoms with van der Waals surface area (Å²) in [5.41, 5.74) is 3.54. The van der Waals surface area contributed by atoms with Crippen LogP contribution in [0.5, 0.6) is 0 Å². The van der Waals surface area contributed by atoms with Crippen molar-refractivity contribution in [2.75, 3.05) is 19.7 Å². The van der Waals surface area contributed by atoms with Gasteiger partial charge in [-0.15, -0.1) is 0 Å². The molecule has 0 radical (unpaired) electrons. The fourth-order valence-electron chi connectivity index (χ4n) is 4.52. The molecular weight excluding hydrogens is 432 g/mol. The highest BCUT2D eigenvalue weighted by Crippen LogP contribution is 2.29. The molecule has 0 bridgehead atoms. The van der Waals surface area contributed by atoms with E-state index in [0.29, 0.717) is 54.8 Å². The number of carbonyl (C=O) groups is 2. The number of nitriles is 1. The Morgan fingerprint density at radius 1 is 1.26 bits per heavy atom. The fourth-order valence-corrected chi connectivity index (χ4v) is 4.52. The average Bonchev–Trinajstić information content (AvgIpc) is 3.45. The van der Waals surface area contributed by atoms with E-state index in [0.717, 1.165) is 24.1 Å². The number of hydrogen-bond acceptors (Lipinski definition) is 5. The summed E-state index contributed by atoms with van der Waals surface area (Å²) in [6.07, 6.45) is 4.27. The van der Waals surface area contributed by atoms with Crippen LogP contribution < -0.4 is 0 Å². The second-order valence-corrected chi connectivity index (χ2v) is 8.66. The van der Waals surface area contributed by atoms with Crippen molar-refractivity contribution in [2.24, 2.45) is 13.0 Å². The maximum atomic E-state index is 13.5. The molecule has 2 aromatic heterocycles. The van der Waals surface area contributed by atoms with Crippen molar-refractivity contribution in [1.82, 2.24) is 14.5 Å². The number of nitrogens with zero attached hydrogens (tertiary/aromatic N) is 4. The molecule has 8 nitrogen and oxygen atoms in total. The van der Waals surface area contributed by atoms with Crippen LogP contribution in [0.1, 0.15) is 46.4 Å². The Labute approximate surface area is 198 Å².